The van der Waals surface area contributed by atoms with Crippen LogP contribution in [0, 0.1) is 0 Å². The Labute approximate surface area is 146 Å². The molecular weight excluding hydrogens is 322 g/mol. The SMILES string of the molecule is CC(C)n1ccc(CC(=O)N2CCOC[C@H]2CC(=O)c2ccco2)n1. The van der Waals surface area contributed by atoms with E-state index in [-0.39, 0.29) is 36.6 Å². The fourth-order valence-corrected chi connectivity index (χ4v) is 2.92. The van der Waals surface area contributed by atoms with Crippen LogP contribution in [0.3, 0.4) is 0 Å². The molecule has 0 bridgehead atoms. The monoisotopic (exact) mass is 345 g/mol. The van der Waals surface area contributed by atoms with Gasteiger partial charge in [-0.3, -0.25) is 14.3 Å². The van der Waals surface area contributed by atoms with Gasteiger partial charge < -0.3 is 14.1 Å². The van der Waals surface area contributed by atoms with E-state index >= 15 is 0 Å². The number of carbonyl (C=O) groups is 2. The number of ketones is 1. The van der Waals surface area contributed by atoms with E-state index in [1.165, 1.54) is 6.26 Å². The summed E-state index contributed by atoms with van der Waals surface area (Å²) in [7, 11) is 0. The molecule has 0 spiro atoms. The number of amides is 1. The molecule has 0 saturated carbocycles. The first kappa shape index (κ1) is 17.4. The number of morpholine rings is 1. The lowest BCUT2D eigenvalue weighted by molar-refractivity contribution is -0.139. The van der Waals surface area contributed by atoms with Crippen molar-refractivity contribution >= 4 is 11.7 Å². The summed E-state index contributed by atoms with van der Waals surface area (Å²) in [5.74, 6) is 0.158. The third-order valence-electron chi connectivity index (χ3n) is 4.29. The number of aromatic nitrogens is 2. The van der Waals surface area contributed by atoms with Crippen LogP contribution in [-0.4, -0.2) is 52.2 Å². The Hall–Kier alpha value is -2.41. The summed E-state index contributed by atoms with van der Waals surface area (Å²) in [4.78, 5) is 26.7. The maximum atomic E-state index is 12.7. The number of rotatable bonds is 6. The number of carbonyl (C=O) groups excluding carboxylic acids is 2. The van der Waals surface area contributed by atoms with E-state index < -0.39 is 0 Å². The van der Waals surface area contributed by atoms with Crippen LogP contribution in [0.15, 0.2) is 35.1 Å². The minimum absolute atomic E-state index is 0.0328. The van der Waals surface area contributed by atoms with Gasteiger partial charge in [0, 0.05) is 25.2 Å². The molecule has 25 heavy (non-hydrogen) atoms. The normalized spacial score (nSPS) is 17.9. The molecule has 3 rings (SSSR count). The minimum Gasteiger partial charge on any atom is -0.461 e. The molecule has 2 aromatic heterocycles. The molecule has 0 aromatic carbocycles. The Morgan fingerprint density at radius 3 is 2.88 bits per heavy atom. The molecule has 1 aliphatic heterocycles. The van der Waals surface area contributed by atoms with Crippen LogP contribution in [0.2, 0.25) is 0 Å². The zero-order chi connectivity index (χ0) is 17.8. The van der Waals surface area contributed by atoms with Gasteiger partial charge in [0.05, 0.1) is 37.6 Å². The molecular formula is C18H23N3O4. The summed E-state index contributed by atoms with van der Waals surface area (Å²) in [6.45, 7) is 5.41. The minimum atomic E-state index is -0.272. The second kappa shape index (κ2) is 7.65. The molecule has 3 heterocycles. The fourth-order valence-electron chi connectivity index (χ4n) is 2.92. The van der Waals surface area contributed by atoms with E-state index in [9.17, 15) is 9.59 Å². The third kappa shape index (κ3) is 4.17. The summed E-state index contributed by atoms with van der Waals surface area (Å²) in [5.41, 5.74) is 0.737. The van der Waals surface area contributed by atoms with Crippen molar-refractivity contribution in [1.29, 1.82) is 0 Å². The Balaban J connectivity index is 1.65. The summed E-state index contributed by atoms with van der Waals surface area (Å²) in [5, 5.41) is 4.43. The Kier molecular flexibility index (Phi) is 5.33. The molecule has 2 aromatic rings. The fraction of sp³-hybridized carbons (Fsp3) is 0.500. The van der Waals surface area contributed by atoms with Gasteiger partial charge in [0.15, 0.2) is 11.5 Å². The van der Waals surface area contributed by atoms with Crippen LogP contribution in [0.4, 0.5) is 0 Å². The predicted molar refractivity (Wildman–Crippen MR) is 90.3 cm³/mol. The van der Waals surface area contributed by atoms with E-state index in [2.05, 4.69) is 5.10 Å². The lowest BCUT2D eigenvalue weighted by Gasteiger charge is -2.35. The summed E-state index contributed by atoms with van der Waals surface area (Å²) >= 11 is 0. The van der Waals surface area contributed by atoms with Crippen molar-refractivity contribution in [1.82, 2.24) is 14.7 Å². The molecule has 0 radical (unpaired) electrons. The van der Waals surface area contributed by atoms with Crippen LogP contribution < -0.4 is 0 Å². The molecule has 0 aliphatic carbocycles. The largest absolute Gasteiger partial charge is 0.461 e. The average Bonchev–Trinajstić information content (AvgIpc) is 3.27. The van der Waals surface area contributed by atoms with E-state index in [4.69, 9.17) is 9.15 Å². The van der Waals surface area contributed by atoms with Gasteiger partial charge in [-0.1, -0.05) is 0 Å². The maximum absolute atomic E-state index is 12.7. The van der Waals surface area contributed by atoms with Crippen LogP contribution in [0.25, 0.3) is 0 Å². The molecule has 1 atom stereocenters. The van der Waals surface area contributed by atoms with Gasteiger partial charge in [-0.25, -0.2) is 0 Å². The standard InChI is InChI=1S/C18H23N3O4/c1-13(2)21-6-5-14(19-21)10-18(23)20-7-9-24-12-15(20)11-16(22)17-4-3-8-25-17/h3-6,8,13,15H,7,9-12H2,1-2H3/t15-/m1/s1. The van der Waals surface area contributed by atoms with Gasteiger partial charge in [-0.2, -0.15) is 5.10 Å². The highest BCUT2D eigenvalue weighted by Crippen LogP contribution is 2.16. The van der Waals surface area contributed by atoms with Crippen molar-refractivity contribution < 1.29 is 18.7 Å². The van der Waals surface area contributed by atoms with Gasteiger partial charge >= 0.3 is 0 Å². The van der Waals surface area contributed by atoms with Gasteiger partial charge in [0.2, 0.25) is 5.91 Å². The number of hydrogen-bond donors (Lipinski definition) is 0. The third-order valence-corrected chi connectivity index (χ3v) is 4.29. The molecule has 1 aliphatic rings. The van der Waals surface area contributed by atoms with Gasteiger partial charge in [0.25, 0.3) is 0 Å². The second-order valence-corrected chi connectivity index (χ2v) is 6.48. The molecule has 0 N–H and O–H groups in total. The highest BCUT2D eigenvalue weighted by atomic mass is 16.5. The van der Waals surface area contributed by atoms with Crippen molar-refractivity contribution in [2.24, 2.45) is 0 Å². The highest BCUT2D eigenvalue weighted by molar-refractivity contribution is 5.94. The van der Waals surface area contributed by atoms with Crippen molar-refractivity contribution in [3.05, 3.63) is 42.1 Å². The smallest absolute Gasteiger partial charge is 0.229 e. The number of furan rings is 1. The van der Waals surface area contributed by atoms with Crippen molar-refractivity contribution in [3.8, 4) is 0 Å². The summed E-state index contributed by atoms with van der Waals surface area (Å²) in [6.07, 6.45) is 3.77. The molecule has 134 valence electrons. The first-order chi connectivity index (χ1) is 12.0. The van der Waals surface area contributed by atoms with Gasteiger partial charge in [0.1, 0.15) is 0 Å². The van der Waals surface area contributed by atoms with E-state index in [1.807, 2.05) is 30.8 Å². The second-order valence-electron chi connectivity index (χ2n) is 6.48. The predicted octanol–water partition coefficient (Wildman–Crippen LogP) is 2.10. The number of ether oxygens (including phenoxy) is 1. The zero-order valence-corrected chi connectivity index (χ0v) is 14.6. The van der Waals surface area contributed by atoms with Crippen LogP contribution in [-0.2, 0) is 16.0 Å². The lowest BCUT2D eigenvalue weighted by Crippen LogP contribution is -2.50. The van der Waals surface area contributed by atoms with E-state index in [0.717, 1.165) is 5.69 Å². The zero-order valence-electron chi connectivity index (χ0n) is 14.6. The number of Topliss-reactive ketones (excluding diaryl/α,β-unsaturated/α-hetero) is 1. The van der Waals surface area contributed by atoms with Crippen LogP contribution in [0.5, 0.6) is 0 Å². The van der Waals surface area contributed by atoms with Crippen molar-refractivity contribution in [3.63, 3.8) is 0 Å². The summed E-state index contributed by atoms with van der Waals surface area (Å²) < 4.78 is 12.5. The quantitative estimate of drug-likeness (QED) is 0.749. The molecule has 1 amide bonds. The Morgan fingerprint density at radius 1 is 1.36 bits per heavy atom. The molecule has 7 heteroatoms. The topological polar surface area (TPSA) is 77.6 Å². The highest BCUT2D eigenvalue weighted by Gasteiger charge is 2.30. The van der Waals surface area contributed by atoms with Crippen LogP contribution >= 0.6 is 0 Å². The van der Waals surface area contributed by atoms with E-state index in [1.54, 1.807) is 17.0 Å². The van der Waals surface area contributed by atoms with Crippen molar-refractivity contribution in [2.45, 2.75) is 38.8 Å². The first-order valence-electron chi connectivity index (χ1n) is 8.52. The number of nitrogens with zero attached hydrogens (tertiary/aromatic N) is 3. The van der Waals surface area contributed by atoms with Crippen molar-refractivity contribution in [2.75, 3.05) is 19.8 Å². The molecule has 1 fully saturated rings. The molecule has 7 nitrogen and oxygen atoms in total. The first-order valence-corrected chi connectivity index (χ1v) is 8.52. The average molecular weight is 345 g/mol. The molecule has 0 unspecified atom stereocenters. The molecule has 1 saturated heterocycles. The van der Waals surface area contributed by atoms with Gasteiger partial charge in [-0.05, 0) is 32.0 Å². The Morgan fingerprint density at radius 2 is 2.20 bits per heavy atom. The number of hydrogen-bond acceptors (Lipinski definition) is 5. The van der Waals surface area contributed by atoms with Gasteiger partial charge in [-0.15, -0.1) is 0 Å². The summed E-state index contributed by atoms with van der Waals surface area (Å²) in [6, 6.07) is 5.16. The maximum Gasteiger partial charge on any atom is 0.229 e. The van der Waals surface area contributed by atoms with E-state index in [0.29, 0.717) is 25.5 Å². The Bertz CT molecular complexity index is 721. The lowest BCUT2D eigenvalue weighted by atomic mass is 10.1. The van der Waals surface area contributed by atoms with Crippen LogP contribution in [0.1, 0.15) is 42.6 Å².